The average molecular weight is 233 g/mol. The van der Waals surface area contributed by atoms with Crippen molar-refractivity contribution >= 4 is 78.0 Å². The minimum absolute atomic E-state index is 0. The van der Waals surface area contributed by atoms with Crippen LogP contribution in [0, 0.1) is 0 Å². The number of hydrogen-bond donors (Lipinski definition) is 2. The maximum absolute atomic E-state index is 4.71. The summed E-state index contributed by atoms with van der Waals surface area (Å²) in [5.74, 6) is 0. The van der Waals surface area contributed by atoms with Crippen LogP contribution in [-0.4, -0.2) is 53.2 Å². The van der Waals surface area contributed by atoms with Gasteiger partial charge in [0.2, 0.25) is 0 Å². The Bertz CT molecular complexity index is 38.7. The van der Waals surface area contributed by atoms with Gasteiger partial charge in [0.25, 0.3) is 0 Å². The summed E-state index contributed by atoms with van der Waals surface area (Å²) >= 11 is 7.65. The summed E-state index contributed by atoms with van der Waals surface area (Å²) in [6.45, 7) is 0. The molecule has 5 heavy (non-hydrogen) atoms. The molecule has 0 spiro atoms. The van der Waals surface area contributed by atoms with Crippen LogP contribution in [0.4, 0.5) is 0 Å². The molecular formula is CH5BaNS2. The second-order valence-corrected chi connectivity index (χ2v) is 1.56. The van der Waals surface area contributed by atoms with Crippen molar-refractivity contribution in [3.05, 3.63) is 0 Å². The van der Waals surface area contributed by atoms with E-state index in [1.54, 1.807) is 0 Å². The number of rotatable bonds is 0. The summed E-state index contributed by atoms with van der Waals surface area (Å²) in [7, 11) is 0. The van der Waals surface area contributed by atoms with Crippen molar-refractivity contribution in [3.63, 3.8) is 0 Å². The van der Waals surface area contributed by atoms with E-state index in [2.05, 4.69) is 24.8 Å². The summed E-state index contributed by atoms with van der Waals surface area (Å²) in [6.07, 6.45) is 0. The van der Waals surface area contributed by atoms with Crippen molar-refractivity contribution in [1.29, 1.82) is 0 Å². The fourth-order valence-electron chi connectivity index (χ4n) is 0. The molecule has 0 heterocycles. The monoisotopic (exact) mass is 233 g/mol. The van der Waals surface area contributed by atoms with Crippen molar-refractivity contribution in [2.75, 3.05) is 0 Å². The van der Waals surface area contributed by atoms with Gasteiger partial charge in [0.15, 0.2) is 0 Å². The molecular weight excluding hydrogens is 227 g/mol. The molecule has 0 saturated heterocycles. The molecule has 1 nitrogen and oxygen atoms in total. The quantitative estimate of drug-likeness (QED) is 0.349. The Hall–Kier alpha value is 1.81. The van der Waals surface area contributed by atoms with Crippen LogP contribution in [0.15, 0.2) is 0 Å². The van der Waals surface area contributed by atoms with Gasteiger partial charge in [-0.05, 0) is 0 Å². The molecule has 4 heteroatoms. The topological polar surface area (TPSA) is 26.0 Å². The van der Waals surface area contributed by atoms with Crippen LogP contribution in [-0.2, 0) is 0 Å². The number of hydrogen-bond acceptors (Lipinski definition) is 1. The molecule has 0 unspecified atom stereocenters. The predicted molar refractivity (Wildman–Crippen MR) is 33.7 cm³/mol. The van der Waals surface area contributed by atoms with E-state index in [0.717, 1.165) is 0 Å². The SMILES string of the molecule is NC(=S)S.[Ba+2].[H-].[H-]. The molecule has 0 fully saturated rings. The van der Waals surface area contributed by atoms with Gasteiger partial charge in [0, 0.05) is 0 Å². The summed E-state index contributed by atoms with van der Waals surface area (Å²) in [5.41, 5.74) is 4.71. The molecule has 0 aromatic rings. The molecule has 0 bridgehead atoms. The largest absolute Gasteiger partial charge is 2.00 e. The summed E-state index contributed by atoms with van der Waals surface area (Å²) < 4.78 is 0.194. The van der Waals surface area contributed by atoms with Crippen LogP contribution in [0.25, 0.3) is 0 Å². The molecule has 0 rings (SSSR count). The average Bonchev–Trinajstić information content (AvgIpc) is 0.811. The molecule has 0 aliphatic heterocycles. The van der Waals surface area contributed by atoms with E-state index in [0.29, 0.717) is 0 Å². The Morgan fingerprint density at radius 3 is 2.00 bits per heavy atom. The fraction of sp³-hybridized carbons (Fsp3) is 0. The first-order valence-corrected chi connectivity index (χ1v) is 1.57. The third kappa shape index (κ3) is 25.7. The van der Waals surface area contributed by atoms with E-state index in [4.69, 9.17) is 5.73 Å². The van der Waals surface area contributed by atoms with Gasteiger partial charge >= 0.3 is 48.9 Å². The van der Waals surface area contributed by atoms with Gasteiger partial charge in [0.1, 0.15) is 4.32 Å². The third-order valence-electron chi connectivity index (χ3n) is 0. The van der Waals surface area contributed by atoms with E-state index in [-0.39, 0.29) is 56.1 Å². The van der Waals surface area contributed by atoms with E-state index in [1.807, 2.05) is 0 Å². The van der Waals surface area contributed by atoms with Crippen LogP contribution in [0.2, 0.25) is 0 Å². The molecule has 0 aromatic heterocycles. The van der Waals surface area contributed by atoms with Crippen LogP contribution >= 0.6 is 24.8 Å². The molecule has 0 atom stereocenters. The Morgan fingerprint density at radius 1 is 2.00 bits per heavy atom. The molecule has 0 aliphatic rings. The molecule has 0 aliphatic carbocycles. The number of thiocarbonyl (C=S) groups is 1. The van der Waals surface area contributed by atoms with Gasteiger partial charge < -0.3 is 8.59 Å². The minimum Gasteiger partial charge on any atom is -1.00 e. The van der Waals surface area contributed by atoms with Crippen molar-refractivity contribution in [1.82, 2.24) is 0 Å². The zero-order valence-electron chi connectivity index (χ0n) is 4.64. The number of thiol groups is 1. The Balaban J connectivity index is -0.0000000150. The van der Waals surface area contributed by atoms with Crippen LogP contribution in [0.5, 0.6) is 0 Å². The zero-order valence-corrected chi connectivity index (χ0v) is 8.79. The van der Waals surface area contributed by atoms with Gasteiger partial charge in [-0.15, -0.1) is 12.6 Å². The first kappa shape index (κ1) is 9.94. The van der Waals surface area contributed by atoms with E-state index < -0.39 is 0 Å². The van der Waals surface area contributed by atoms with E-state index in [1.165, 1.54) is 0 Å². The summed E-state index contributed by atoms with van der Waals surface area (Å²) in [5, 5.41) is 0. The minimum atomic E-state index is 0. The van der Waals surface area contributed by atoms with E-state index >= 15 is 0 Å². The van der Waals surface area contributed by atoms with Gasteiger partial charge in [-0.25, -0.2) is 0 Å². The van der Waals surface area contributed by atoms with Gasteiger partial charge in [-0.2, -0.15) is 0 Å². The van der Waals surface area contributed by atoms with Crippen molar-refractivity contribution in [2.24, 2.45) is 5.73 Å². The van der Waals surface area contributed by atoms with Crippen molar-refractivity contribution in [2.45, 2.75) is 0 Å². The number of nitrogens with two attached hydrogens (primary N) is 1. The molecule has 0 aromatic carbocycles. The van der Waals surface area contributed by atoms with Gasteiger partial charge in [-0.3, -0.25) is 0 Å². The van der Waals surface area contributed by atoms with Gasteiger partial charge in [0.05, 0.1) is 0 Å². The second-order valence-electron chi connectivity index (χ2n) is 0.338. The second kappa shape index (κ2) is 5.81. The molecule has 28 valence electrons. The predicted octanol–water partition coefficient (Wildman–Crippen LogP) is 0.00400. The van der Waals surface area contributed by atoms with E-state index in [9.17, 15) is 0 Å². The van der Waals surface area contributed by atoms with Crippen molar-refractivity contribution in [3.8, 4) is 0 Å². The van der Waals surface area contributed by atoms with Gasteiger partial charge in [-0.1, -0.05) is 12.2 Å². The first-order chi connectivity index (χ1) is 1.73. The molecule has 0 amide bonds. The maximum atomic E-state index is 4.71. The van der Waals surface area contributed by atoms with Crippen molar-refractivity contribution < 1.29 is 2.85 Å². The Kier molecular flexibility index (Phi) is 11.5. The smallest absolute Gasteiger partial charge is 1.00 e. The summed E-state index contributed by atoms with van der Waals surface area (Å²) in [6, 6.07) is 0. The third-order valence-corrected chi connectivity index (χ3v) is 0. The van der Waals surface area contributed by atoms with Crippen LogP contribution < -0.4 is 5.73 Å². The zero-order chi connectivity index (χ0) is 3.58. The standard InChI is InChI=1S/CH3NS2.Ba.2H/c2-1(3)4;;;/h(H3,2,3,4);;;/q;+2;2*-1. The molecule has 2 N–H and O–H groups in total. The molecule has 0 saturated carbocycles. The summed E-state index contributed by atoms with van der Waals surface area (Å²) in [4.78, 5) is 0. The van der Waals surface area contributed by atoms with Crippen LogP contribution in [0.3, 0.4) is 0 Å². The fourth-order valence-corrected chi connectivity index (χ4v) is 0. The Morgan fingerprint density at radius 2 is 2.00 bits per heavy atom. The van der Waals surface area contributed by atoms with Crippen LogP contribution in [0.1, 0.15) is 2.85 Å². The maximum Gasteiger partial charge on any atom is 2.00 e. The normalized spacial score (nSPS) is 5.00. The first-order valence-electron chi connectivity index (χ1n) is 0.716. The molecule has 0 radical (unpaired) electrons. The Labute approximate surface area is 85.1 Å².